The van der Waals surface area contributed by atoms with Crippen LogP contribution in [-0.2, 0) is 0 Å². The van der Waals surface area contributed by atoms with Crippen LogP contribution in [0.1, 0.15) is 26.7 Å². The molecule has 0 spiro atoms. The molecule has 0 aromatic carbocycles. The van der Waals surface area contributed by atoms with E-state index in [0.717, 1.165) is 32.1 Å². The number of hydrogen-bond acceptors (Lipinski definition) is 5. The van der Waals surface area contributed by atoms with Crippen LogP contribution in [-0.4, -0.2) is 42.2 Å². The molecule has 1 aromatic heterocycles. The summed E-state index contributed by atoms with van der Waals surface area (Å²) < 4.78 is 0. The summed E-state index contributed by atoms with van der Waals surface area (Å²) in [4.78, 5) is 11.0. The van der Waals surface area contributed by atoms with Gasteiger partial charge in [-0.05, 0) is 43.8 Å². The Bertz CT molecular complexity index is 381. The van der Waals surface area contributed by atoms with Crippen LogP contribution in [0.15, 0.2) is 18.5 Å². The second-order valence-corrected chi connectivity index (χ2v) is 5.98. The number of nitrogens with one attached hydrogen (secondary N) is 1. The summed E-state index contributed by atoms with van der Waals surface area (Å²) in [5, 5.41) is 3.68. The van der Waals surface area contributed by atoms with Crippen LogP contribution >= 0.6 is 0 Å². The third kappa shape index (κ3) is 4.15. The second-order valence-electron chi connectivity index (χ2n) is 5.98. The van der Waals surface area contributed by atoms with E-state index in [1.165, 1.54) is 12.8 Å². The quantitative estimate of drug-likeness (QED) is 0.819. The molecule has 1 aromatic rings. The molecule has 1 aliphatic heterocycles. The van der Waals surface area contributed by atoms with Gasteiger partial charge < -0.3 is 16.0 Å². The van der Waals surface area contributed by atoms with Gasteiger partial charge in [-0.25, -0.2) is 9.97 Å². The maximum absolute atomic E-state index is 5.84. The van der Waals surface area contributed by atoms with Crippen molar-refractivity contribution in [3.63, 3.8) is 0 Å². The standard InChI is InChI=1S/C15H27N5/c1-12(2)13(9-16)10-19-14-5-3-8-20(11-14)15-17-6-4-7-18-15/h4,6-7,12-14,19H,3,5,8-11,16H2,1-2H3. The molecule has 2 atom stereocenters. The van der Waals surface area contributed by atoms with Crippen LogP contribution in [0.3, 0.4) is 0 Å². The highest BCUT2D eigenvalue weighted by Gasteiger charge is 2.22. The van der Waals surface area contributed by atoms with E-state index < -0.39 is 0 Å². The molecule has 0 radical (unpaired) electrons. The number of rotatable bonds is 6. The van der Waals surface area contributed by atoms with Gasteiger partial charge in [-0.15, -0.1) is 0 Å². The number of anilines is 1. The molecule has 0 aliphatic carbocycles. The van der Waals surface area contributed by atoms with Gasteiger partial charge in [-0.3, -0.25) is 0 Å². The molecule has 5 heteroatoms. The lowest BCUT2D eigenvalue weighted by atomic mass is 9.95. The van der Waals surface area contributed by atoms with Crippen molar-refractivity contribution in [3.05, 3.63) is 18.5 Å². The summed E-state index contributed by atoms with van der Waals surface area (Å²) in [6.07, 6.45) is 6.02. The van der Waals surface area contributed by atoms with Gasteiger partial charge in [-0.2, -0.15) is 0 Å². The first-order chi connectivity index (χ1) is 9.70. The van der Waals surface area contributed by atoms with E-state index in [2.05, 4.69) is 34.0 Å². The third-order valence-corrected chi connectivity index (χ3v) is 4.17. The van der Waals surface area contributed by atoms with Gasteiger partial charge in [0.15, 0.2) is 0 Å². The first kappa shape index (κ1) is 15.2. The zero-order valence-corrected chi connectivity index (χ0v) is 12.6. The van der Waals surface area contributed by atoms with Gasteiger partial charge in [0.25, 0.3) is 0 Å². The first-order valence-electron chi connectivity index (χ1n) is 7.66. The molecule has 2 unspecified atom stereocenters. The molecule has 2 rings (SSSR count). The molecule has 112 valence electrons. The molecule has 0 bridgehead atoms. The van der Waals surface area contributed by atoms with Crippen molar-refractivity contribution in [3.8, 4) is 0 Å². The molecular formula is C15H27N5. The van der Waals surface area contributed by atoms with Crippen molar-refractivity contribution in [2.75, 3.05) is 31.1 Å². The van der Waals surface area contributed by atoms with Gasteiger partial charge in [0, 0.05) is 31.5 Å². The molecular weight excluding hydrogens is 250 g/mol. The predicted molar refractivity (Wildman–Crippen MR) is 82.7 cm³/mol. The van der Waals surface area contributed by atoms with E-state index in [1.807, 2.05) is 18.5 Å². The topological polar surface area (TPSA) is 67.1 Å². The van der Waals surface area contributed by atoms with Crippen LogP contribution in [0.2, 0.25) is 0 Å². The van der Waals surface area contributed by atoms with E-state index in [0.29, 0.717) is 17.9 Å². The van der Waals surface area contributed by atoms with Gasteiger partial charge >= 0.3 is 0 Å². The van der Waals surface area contributed by atoms with E-state index in [4.69, 9.17) is 5.73 Å². The lowest BCUT2D eigenvalue weighted by molar-refractivity contribution is 0.330. The highest BCUT2D eigenvalue weighted by Crippen LogP contribution is 2.16. The lowest BCUT2D eigenvalue weighted by Crippen LogP contribution is -2.48. The number of nitrogens with zero attached hydrogens (tertiary/aromatic N) is 3. The predicted octanol–water partition coefficient (Wildman–Crippen LogP) is 1.27. The van der Waals surface area contributed by atoms with Crippen molar-refractivity contribution in [1.82, 2.24) is 15.3 Å². The summed E-state index contributed by atoms with van der Waals surface area (Å²) in [5.41, 5.74) is 5.84. The van der Waals surface area contributed by atoms with Crippen molar-refractivity contribution in [2.24, 2.45) is 17.6 Å². The van der Waals surface area contributed by atoms with Crippen molar-refractivity contribution in [2.45, 2.75) is 32.7 Å². The van der Waals surface area contributed by atoms with Gasteiger partial charge in [0.05, 0.1) is 0 Å². The van der Waals surface area contributed by atoms with Crippen LogP contribution in [0.5, 0.6) is 0 Å². The minimum absolute atomic E-state index is 0.514. The SMILES string of the molecule is CC(C)C(CN)CNC1CCCN(c2ncccn2)C1. The van der Waals surface area contributed by atoms with Crippen molar-refractivity contribution < 1.29 is 0 Å². The minimum Gasteiger partial charge on any atom is -0.339 e. The van der Waals surface area contributed by atoms with Crippen molar-refractivity contribution >= 4 is 5.95 Å². The maximum Gasteiger partial charge on any atom is 0.225 e. The van der Waals surface area contributed by atoms with E-state index >= 15 is 0 Å². The molecule has 1 aliphatic rings. The Labute approximate surface area is 122 Å². The monoisotopic (exact) mass is 277 g/mol. The van der Waals surface area contributed by atoms with E-state index in [1.54, 1.807) is 0 Å². The third-order valence-electron chi connectivity index (χ3n) is 4.17. The fourth-order valence-corrected chi connectivity index (χ4v) is 2.69. The summed E-state index contributed by atoms with van der Waals surface area (Å²) >= 11 is 0. The minimum atomic E-state index is 0.514. The highest BCUT2D eigenvalue weighted by atomic mass is 15.3. The number of nitrogens with two attached hydrogens (primary N) is 1. The highest BCUT2D eigenvalue weighted by molar-refractivity contribution is 5.29. The molecule has 20 heavy (non-hydrogen) atoms. The molecule has 2 heterocycles. The largest absolute Gasteiger partial charge is 0.339 e. The van der Waals surface area contributed by atoms with Crippen molar-refractivity contribution in [1.29, 1.82) is 0 Å². The van der Waals surface area contributed by atoms with Crippen LogP contribution in [0.25, 0.3) is 0 Å². The first-order valence-corrected chi connectivity index (χ1v) is 7.66. The summed E-state index contributed by atoms with van der Waals surface area (Å²) in [6.45, 7) is 8.27. The average Bonchev–Trinajstić information content (AvgIpc) is 2.49. The fourth-order valence-electron chi connectivity index (χ4n) is 2.69. The smallest absolute Gasteiger partial charge is 0.225 e. The lowest BCUT2D eigenvalue weighted by Gasteiger charge is -2.34. The molecule has 3 N–H and O–H groups in total. The van der Waals surface area contributed by atoms with Crippen LogP contribution in [0.4, 0.5) is 5.95 Å². The maximum atomic E-state index is 5.84. The fraction of sp³-hybridized carbons (Fsp3) is 0.733. The summed E-state index contributed by atoms with van der Waals surface area (Å²) in [7, 11) is 0. The number of hydrogen-bond donors (Lipinski definition) is 2. The molecule has 0 saturated carbocycles. The molecule has 1 saturated heterocycles. The Kier molecular flexibility index (Phi) is 5.73. The molecule has 5 nitrogen and oxygen atoms in total. The van der Waals surface area contributed by atoms with Gasteiger partial charge in [0.1, 0.15) is 0 Å². The Morgan fingerprint density at radius 1 is 1.40 bits per heavy atom. The van der Waals surface area contributed by atoms with Crippen LogP contribution < -0.4 is 16.0 Å². The summed E-state index contributed by atoms with van der Waals surface area (Å²) in [5.74, 6) is 2.03. The number of aromatic nitrogens is 2. The van der Waals surface area contributed by atoms with Gasteiger partial charge in [0.2, 0.25) is 5.95 Å². The van der Waals surface area contributed by atoms with Crippen LogP contribution in [0, 0.1) is 11.8 Å². The van der Waals surface area contributed by atoms with E-state index in [9.17, 15) is 0 Å². The normalized spacial score (nSPS) is 21.2. The Balaban J connectivity index is 1.85. The number of piperidine rings is 1. The molecule has 1 fully saturated rings. The Morgan fingerprint density at radius 3 is 2.80 bits per heavy atom. The zero-order chi connectivity index (χ0) is 14.4. The zero-order valence-electron chi connectivity index (χ0n) is 12.6. The van der Waals surface area contributed by atoms with Gasteiger partial charge in [-0.1, -0.05) is 13.8 Å². The molecule has 0 amide bonds. The summed E-state index contributed by atoms with van der Waals surface area (Å²) in [6, 6.07) is 2.37. The average molecular weight is 277 g/mol. The van der Waals surface area contributed by atoms with E-state index in [-0.39, 0.29) is 0 Å². The Morgan fingerprint density at radius 2 is 2.15 bits per heavy atom. The Hall–Kier alpha value is -1.20. The second kappa shape index (κ2) is 7.55.